The second-order valence-electron chi connectivity index (χ2n) is 6.88. The van der Waals surface area contributed by atoms with Crippen LogP contribution in [-0.4, -0.2) is 43.8 Å². The lowest BCUT2D eigenvalue weighted by Gasteiger charge is -2.20. The van der Waals surface area contributed by atoms with Gasteiger partial charge in [0, 0.05) is 29.0 Å². The topological polar surface area (TPSA) is 139 Å². The number of hydrogen-bond acceptors (Lipinski definition) is 6. The Kier molecular flexibility index (Phi) is 7.72. The van der Waals surface area contributed by atoms with E-state index in [9.17, 15) is 18.0 Å². The molecule has 2 aromatic rings. The zero-order valence-electron chi connectivity index (χ0n) is 16.5. The number of benzene rings is 2. The first-order valence-corrected chi connectivity index (χ1v) is 11.0. The average Bonchev–Trinajstić information content (AvgIpc) is 2.69. The zero-order valence-corrected chi connectivity index (χ0v) is 17.4. The van der Waals surface area contributed by atoms with Gasteiger partial charge in [-0.1, -0.05) is 24.0 Å². The van der Waals surface area contributed by atoms with Crippen LogP contribution in [0.25, 0.3) is 0 Å². The molecule has 2 rings (SSSR count). The van der Waals surface area contributed by atoms with Crippen LogP contribution in [-0.2, 0) is 20.4 Å². The van der Waals surface area contributed by atoms with E-state index in [0.717, 1.165) is 5.56 Å². The Morgan fingerprint density at radius 2 is 1.53 bits per heavy atom. The largest absolute Gasteiger partial charge is 0.339 e. The highest BCUT2D eigenvalue weighted by molar-refractivity contribution is 7.89. The number of carbonyl (C=O) groups is 2. The molecule has 0 aromatic heterocycles. The molecular formula is C21H23N3O5S. The molecule has 0 unspecified atom stereocenters. The smallest absolute Gasteiger partial charge is 0.267 e. The highest BCUT2D eigenvalue weighted by atomic mass is 32.2. The standard InChI is InChI=1S/C21H23N3O5S/c1-14(22)19(21(26)24-27)23-20(25)18-11-9-16(10-12-18)4-3-15-5-7-17(8-6-15)13-30(2,28)29/h5-12,14,19,27H,13,22H2,1-2H3,(H,23,25)(H,24,26)/t14-,19+/m1/s1. The average molecular weight is 429 g/mol. The molecule has 0 aliphatic heterocycles. The number of nitrogens with two attached hydrogens (primary N) is 1. The van der Waals surface area contributed by atoms with E-state index in [1.54, 1.807) is 48.5 Å². The molecule has 0 bridgehead atoms. The molecule has 0 fully saturated rings. The van der Waals surface area contributed by atoms with Crippen LogP contribution in [0.1, 0.15) is 34.0 Å². The molecule has 0 saturated heterocycles. The van der Waals surface area contributed by atoms with Gasteiger partial charge in [0.25, 0.3) is 11.8 Å². The molecule has 5 N–H and O–H groups in total. The lowest BCUT2D eigenvalue weighted by atomic mass is 10.1. The summed E-state index contributed by atoms with van der Waals surface area (Å²) in [5, 5.41) is 11.2. The first kappa shape index (κ1) is 23.1. The minimum atomic E-state index is -3.09. The fraction of sp³-hybridized carbons (Fsp3) is 0.238. The van der Waals surface area contributed by atoms with E-state index >= 15 is 0 Å². The van der Waals surface area contributed by atoms with E-state index in [2.05, 4.69) is 17.2 Å². The summed E-state index contributed by atoms with van der Waals surface area (Å²) in [5.74, 6) is 4.60. The van der Waals surface area contributed by atoms with Crippen LogP contribution in [0.4, 0.5) is 0 Å². The van der Waals surface area contributed by atoms with Crippen LogP contribution in [0.3, 0.4) is 0 Å². The highest BCUT2D eigenvalue weighted by Gasteiger charge is 2.24. The molecule has 158 valence electrons. The van der Waals surface area contributed by atoms with E-state index in [0.29, 0.717) is 16.7 Å². The van der Waals surface area contributed by atoms with Crippen molar-refractivity contribution in [2.75, 3.05) is 6.26 Å². The lowest BCUT2D eigenvalue weighted by Crippen LogP contribution is -2.54. The molecule has 0 saturated carbocycles. The molecule has 9 heteroatoms. The van der Waals surface area contributed by atoms with Crippen LogP contribution in [0.15, 0.2) is 48.5 Å². The normalized spacial score (nSPS) is 12.8. The highest BCUT2D eigenvalue weighted by Crippen LogP contribution is 2.08. The second kappa shape index (κ2) is 10.0. The Bertz CT molecular complexity index is 1070. The van der Waals surface area contributed by atoms with Crippen molar-refractivity contribution in [2.24, 2.45) is 5.73 Å². The first-order chi connectivity index (χ1) is 14.1. The molecule has 2 atom stereocenters. The summed E-state index contributed by atoms with van der Waals surface area (Å²) >= 11 is 0. The van der Waals surface area contributed by atoms with Crippen molar-refractivity contribution in [3.63, 3.8) is 0 Å². The summed E-state index contributed by atoms with van der Waals surface area (Å²) in [7, 11) is -3.09. The van der Waals surface area contributed by atoms with Gasteiger partial charge < -0.3 is 11.1 Å². The number of hydrogen-bond donors (Lipinski definition) is 4. The van der Waals surface area contributed by atoms with Crippen LogP contribution in [0.5, 0.6) is 0 Å². The van der Waals surface area contributed by atoms with Crippen molar-refractivity contribution in [3.05, 3.63) is 70.8 Å². The van der Waals surface area contributed by atoms with Crippen molar-refractivity contribution < 1.29 is 23.2 Å². The third-order valence-electron chi connectivity index (χ3n) is 4.09. The van der Waals surface area contributed by atoms with Crippen LogP contribution >= 0.6 is 0 Å². The van der Waals surface area contributed by atoms with Gasteiger partial charge >= 0.3 is 0 Å². The van der Waals surface area contributed by atoms with Gasteiger partial charge in [0.15, 0.2) is 9.84 Å². The van der Waals surface area contributed by atoms with Crippen molar-refractivity contribution in [1.29, 1.82) is 0 Å². The predicted octanol–water partition coefficient (Wildman–Crippen LogP) is 0.582. The fourth-order valence-corrected chi connectivity index (χ4v) is 3.36. The first-order valence-electron chi connectivity index (χ1n) is 8.98. The van der Waals surface area contributed by atoms with Crippen LogP contribution < -0.4 is 16.5 Å². The van der Waals surface area contributed by atoms with Gasteiger partial charge in [0.2, 0.25) is 0 Å². The van der Waals surface area contributed by atoms with Gasteiger partial charge in [-0.15, -0.1) is 0 Å². The third kappa shape index (κ3) is 7.00. The maximum Gasteiger partial charge on any atom is 0.267 e. The summed E-state index contributed by atoms with van der Waals surface area (Å²) < 4.78 is 22.6. The van der Waals surface area contributed by atoms with E-state index in [1.807, 2.05) is 0 Å². The summed E-state index contributed by atoms with van der Waals surface area (Å²) in [5.41, 5.74) is 9.54. The Morgan fingerprint density at radius 3 is 1.97 bits per heavy atom. The van der Waals surface area contributed by atoms with E-state index < -0.39 is 33.7 Å². The fourth-order valence-electron chi connectivity index (χ4n) is 2.57. The molecule has 0 aliphatic rings. The Balaban J connectivity index is 2.06. The third-order valence-corrected chi connectivity index (χ3v) is 4.94. The minimum Gasteiger partial charge on any atom is -0.339 e. The second-order valence-corrected chi connectivity index (χ2v) is 9.02. The quantitative estimate of drug-likeness (QED) is 0.301. The molecule has 0 aliphatic carbocycles. The summed E-state index contributed by atoms with van der Waals surface area (Å²) in [6.45, 7) is 1.53. The van der Waals surface area contributed by atoms with Crippen LogP contribution in [0, 0.1) is 11.8 Å². The van der Waals surface area contributed by atoms with E-state index in [1.165, 1.54) is 18.7 Å². The molecule has 30 heavy (non-hydrogen) atoms. The van der Waals surface area contributed by atoms with Crippen molar-refractivity contribution in [2.45, 2.75) is 24.8 Å². The molecule has 2 amide bonds. The number of rotatable bonds is 6. The molecule has 0 radical (unpaired) electrons. The number of amides is 2. The predicted molar refractivity (Wildman–Crippen MR) is 112 cm³/mol. The molecule has 2 aromatic carbocycles. The summed E-state index contributed by atoms with van der Waals surface area (Å²) in [6.07, 6.45) is 1.18. The van der Waals surface area contributed by atoms with E-state index in [4.69, 9.17) is 10.9 Å². The lowest BCUT2D eigenvalue weighted by molar-refractivity contribution is -0.131. The number of nitrogens with one attached hydrogen (secondary N) is 2. The molecule has 0 heterocycles. The Hall–Kier alpha value is -3.19. The van der Waals surface area contributed by atoms with Gasteiger partial charge in [-0.25, -0.2) is 13.9 Å². The minimum absolute atomic E-state index is 0.0199. The number of hydroxylamine groups is 1. The molecular weight excluding hydrogens is 406 g/mol. The number of carbonyl (C=O) groups excluding carboxylic acids is 2. The van der Waals surface area contributed by atoms with E-state index in [-0.39, 0.29) is 5.75 Å². The molecule has 0 spiro atoms. The van der Waals surface area contributed by atoms with Gasteiger partial charge in [-0.05, 0) is 48.9 Å². The van der Waals surface area contributed by atoms with Gasteiger partial charge in [-0.2, -0.15) is 0 Å². The molecule has 8 nitrogen and oxygen atoms in total. The van der Waals surface area contributed by atoms with Crippen molar-refractivity contribution in [1.82, 2.24) is 10.8 Å². The summed E-state index contributed by atoms with van der Waals surface area (Å²) in [4.78, 5) is 23.9. The Morgan fingerprint density at radius 1 is 1.03 bits per heavy atom. The maximum atomic E-state index is 12.3. The Labute approximate surface area is 175 Å². The monoisotopic (exact) mass is 429 g/mol. The van der Waals surface area contributed by atoms with Gasteiger partial charge in [0.05, 0.1) is 5.75 Å². The SMILES string of the molecule is C[C@@H](N)[C@H](NC(=O)c1ccc(C#Cc2ccc(CS(C)(=O)=O)cc2)cc1)C(=O)NO. The van der Waals surface area contributed by atoms with Crippen molar-refractivity contribution in [3.8, 4) is 11.8 Å². The maximum absolute atomic E-state index is 12.3. The van der Waals surface area contributed by atoms with Crippen LogP contribution in [0.2, 0.25) is 0 Å². The van der Waals surface area contributed by atoms with Gasteiger partial charge in [0.1, 0.15) is 6.04 Å². The summed E-state index contributed by atoms with van der Waals surface area (Å²) in [6, 6.07) is 11.6. The van der Waals surface area contributed by atoms with Crippen molar-refractivity contribution >= 4 is 21.7 Å². The zero-order chi connectivity index (χ0) is 22.3. The number of sulfone groups is 1. The van der Waals surface area contributed by atoms with Gasteiger partial charge in [-0.3, -0.25) is 14.8 Å².